The quantitative estimate of drug-likeness (QED) is 0.398. The van der Waals surface area contributed by atoms with Gasteiger partial charge in [-0.05, 0) is 31.0 Å². The molecule has 0 bridgehead atoms. The van der Waals surface area contributed by atoms with Crippen LogP contribution in [0.2, 0.25) is 0 Å². The molecule has 2 heteroatoms. The second-order valence-electron chi connectivity index (χ2n) is 3.05. The Morgan fingerprint density at radius 3 is 2.93 bits per heavy atom. The third-order valence-electron chi connectivity index (χ3n) is 1.86. The van der Waals surface area contributed by atoms with Gasteiger partial charge in [0.05, 0.1) is 0 Å². The number of benzene rings is 1. The van der Waals surface area contributed by atoms with Gasteiger partial charge in [0.25, 0.3) is 0 Å². The van der Waals surface area contributed by atoms with E-state index < -0.39 is 0 Å². The molecule has 0 amide bonds. The highest BCUT2D eigenvalue weighted by Crippen LogP contribution is 2.08. The molecule has 0 aliphatic carbocycles. The zero-order chi connectivity index (χ0) is 10.4. The summed E-state index contributed by atoms with van der Waals surface area (Å²) in [5.41, 5.74) is 1.77. The predicted octanol–water partition coefficient (Wildman–Crippen LogP) is 3.50. The molecule has 0 radical (unpaired) electrons. The summed E-state index contributed by atoms with van der Waals surface area (Å²) < 4.78 is 12.8. The third kappa shape index (κ3) is 3.40. The molecule has 0 heterocycles. The van der Waals surface area contributed by atoms with E-state index in [9.17, 15) is 4.39 Å². The van der Waals surface area contributed by atoms with E-state index in [1.54, 1.807) is 6.07 Å². The molecule has 1 rings (SSSR count). The fourth-order valence-corrected chi connectivity index (χ4v) is 1.18. The Bertz CT molecular complexity index is 360. The maximum Gasteiger partial charge on any atom is 0.124 e. The minimum atomic E-state index is -0.239. The zero-order valence-corrected chi connectivity index (χ0v) is 8.87. The van der Waals surface area contributed by atoms with Gasteiger partial charge in [0.1, 0.15) is 5.82 Å². The van der Waals surface area contributed by atoms with E-state index in [0.29, 0.717) is 5.88 Å². The van der Waals surface area contributed by atoms with E-state index >= 15 is 0 Å². The van der Waals surface area contributed by atoms with Gasteiger partial charge < -0.3 is 0 Å². The van der Waals surface area contributed by atoms with Crippen molar-refractivity contribution in [1.29, 1.82) is 0 Å². The molecule has 0 aliphatic rings. The lowest BCUT2D eigenvalue weighted by Crippen LogP contribution is -1.84. The minimum Gasteiger partial charge on any atom is -0.207 e. The highest BCUT2D eigenvalue weighted by atomic mass is 35.5. The lowest BCUT2D eigenvalue weighted by Gasteiger charge is -1.96. The largest absolute Gasteiger partial charge is 0.207 e. The molecule has 74 valence electrons. The fraction of sp³-hybridized carbons (Fsp3) is 0.333. The SMILES string of the molecule is Cc1ccc(F)cc1C#CCCCCl. The Morgan fingerprint density at radius 1 is 1.43 bits per heavy atom. The van der Waals surface area contributed by atoms with Gasteiger partial charge in [0.15, 0.2) is 0 Å². The van der Waals surface area contributed by atoms with Crippen molar-refractivity contribution in [3.63, 3.8) is 0 Å². The molecule has 1 aromatic carbocycles. The summed E-state index contributed by atoms with van der Waals surface area (Å²) in [5.74, 6) is 6.29. The van der Waals surface area contributed by atoms with Crippen LogP contribution in [0.15, 0.2) is 18.2 Å². The minimum absolute atomic E-state index is 0.239. The lowest BCUT2D eigenvalue weighted by atomic mass is 10.1. The first kappa shape index (κ1) is 11.1. The van der Waals surface area contributed by atoms with Gasteiger partial charge in [-0.1, -0.05) is 17.9 Å². The zero-order valence-electron chi connectivity index (χ0n) is 8.11. The number of alkyl halides is 1. The van der Waals surface area contributed by atoms with Crippen molar-refractivity contribution in [2.75, 3.05) is 5.88 Å². The second-order valence-corrected chi connectivity index (χ2v) is 3.43. The Balaban J connectivity index is 2.73. The van der Waals surface area contributed by atoms with Crippen molar-refractivity contribution in [2.45, 2.75) is 19.8 Å². The van der Waals surface area contributed by atoms with Crippen molar-refractivity contribution in [1.82, 2.24) is 0 Å². The highest BCUT2D eigenvalue weighted by Gasteiger charge is 1.95. The van der Waals surface area contributed by atoms with E-state index in [1.807, 2.05) is 6.92 Å². The van der Waals surface area contributed by atoms with Crippen LogP contribution in [-0.2, 0) is 0 Å². The molecule has 0 aromatic heterocycles. The molecule has 0 aliphatic heterocycles. The first-order valence-electron chi connectivity index (χ1n) is 4.55. The van der Waals surface area contributed by atoms with Gasteiger partial charge in [-0.25, -0.2) is 4.39 Å². The number of unbranched alkanes of at least 4 members (excludes halogenated alkanes) is 1. The molecule has 0 nitrogen and oxygen atoms in total. The van der Waals surface area contributed by atoms with Gasteiger partial charge in [0.2, 0.25) is 0 Å². The number of hydrogen-bond acceptors (Lipinski definition) is 0. The summed E-state index contributed by atoms with van der Waals surface area (Å²) in [6, 6.07) is 4.64. The predicted molar refractivity (Wildman–Crippen MR) is 58.0 cm³/mol. The molecular weight excluding hydrogens is 199 g/mol. The van der Waals surface area contributed by atoms with E-state index in [-0.39, 0.29) is 5.82 Å². The van der Waals surface area contributed by atoms with E-state index in [0.717, 1.165) is 24.0 Å². The standard InChI is InChI=1S/C12H12ClF/c1-10-6-7-12(14)9-11(10)5-3-2-4-8-13/h6-7,9H,2,4,8H2,1H3. The van der Waals surface area contributed by atoms with Gasteiger partial charge in [-0.3, -0.25) is 0 Å². The van der Waals surface area contributed by atoms with Crippen LogP contribution in [0.1, 0.15) is 24.0 Å². The van der Waals surface area contributed by atoms with E-state index in [4.69, 9.17) is 11.6 Å². The van der Waals surface area contributed by atoms with Gasteiger partial charge in [0, 0.05) is 17.9 Å². The number of hydrogen-bond donors (Lipinski definition) is 0. The number of aryl methyl sites for hydroxylation is 1. The molecule has 0 spiro atoms. The van der Waals surface area contributed by atoms with Crippen LogP contribution < -0.4 is 0 Å². The summed E-state index contributed by atoms with van der Waals surface area (Å²) in [4.78, 5) is 0. The average molecular weight is 211 g/mol. The maximum absolute atomic E-state index is 12.8. The van der Waals surface area contributed by atoms with Crippen LogP contribution in [-0.4, -0.2) is 5.88 Å². The third-order valence-corrected chi connectivity index (χ3v) is 2.13. The molecular formula is C12H12ClF. The smallest absolute Gasteiger partial charge is 0.124 e. The van der Waals surface area contributed by atoms with Crippen molar-refractivity contribution < 1.29 is 4.39 Å². The van der Waals surface area contributed by atoms with Crippen molar-refractivity contribution in [2.24, 2.45) is 0 Å². The molecule has 0 saturated heterocycles. The number of halogens is 2. The molecule has 0 atom stereocenters. The molecule has 14 heavy (non-hydrogen) atoms. The first-order chi connectivity index (χ1) is 6.74. The van der Waals surface area contributed by atoms with Crippen LogP contribution in [0.5, 0.6) is 0 Å². The van der Waals surface area contributed by atoms with Gasteiger partial charge in [-0.15, -0.1) is 11.6 Å². The normalized spacial score (nSPS) is 9.36. The van der Waals surface area contributed by atoms with Crippen molar-refractivity contribution >= 4 is 11.6 Å². The summed E-state index contributed by atoms with van der Waals surface area (Å²) in [5, 5.41) is 0. The summed E-state index contributed by atoms with van der Waals surface area (Å²) in [7, 11) is 0. The Morgan fingerprint density at radius 2 is 2.21 bits per heavy atom. The average Bonchev–Trinajstić information content (AvgIpc) is 2.18. The fourth-order valence-electron chi connectivity index (χ4n) is 1.04. The van der Waals surface area contributed by atoms with E-state index in [1.165, 1.54) is 12.1 Å². The highest BCUT2D eigenvalue weighted by molar-refractivity contribution is 6.17. The Hall–Kier alpha value is -1.00. The molecule has 0 saturated carbocycles. The van der Waals surface area contributed by atoms with E-state index in [2.05, 4.69) is 11.8 Å². The van der Waals surface area contributed by atoms with Crippen LogP contribution in [0.25, 0.3) is 0 Å². The summed E-state index contributed by atoms with van der Waals surface area (Å²) in [6.07, 6.45) is 1.64. The van der Waals surface area contributed by atoms with Crippen LogP contribution in [0.3, 0.4) is 0 Å². The van der Waals surface area contributed by atoms with Crippen LogP contribution in [0, 0.1) is 24.6 Å². The first-order valence-corrected chi connectivity index (χ1v) is 5.08. The monoisotopic (exact) mass is 210 g/mol. The molecule has 0 N–H and O–H groups in total. The Kier molecular flexibility index (Phi) is 4.49. The van der Waals surface area contributed by atoms with Crippen molar-refractivity contribution in [3.8, 4) is 11.8 Å². The summed E-state index contributed by atoms with van der Waals surface area (Å²) in [6.45, 7) is 1.92. The maximum atomic E-state index is 12.8. The number of rotatable bonds is 2. The Labute approximate surface area is 89.1 Å². The molecule has 0 unspecified atom stereocenters. The topological polar surface area (TPSA) is 0 Å². The lowest BCUT2D eigenvalue weighted by molar-refractivity contribution is 0.627. The molecule has 0 fully saturated rings. The van der Waals surface area contributed by atoms with Crippen molar-refractivity contribution in [3.05, 3.63) is 35.1 Å². The van der Waals surface area contributed by atoms with Crippen LogP contribution >= 0.6 is 11.6 Å². The summed E-state index contributed by atoms with van der Waals surface area (Å²) >= 11 is 5.51. The molecule has 1 aromatic rings. The van der Waals surface area contributed by atoms with Gasteiger partial charge in [-0.2, -0.15) is 0 Å². The second kappa shape index (κ2) is 5.67. The van der Waals surface area contributed by atoms with Gasteiger partial charge >= 0.3 is 0 Å². The van der Waals surface area contributed by atoms with Crippen LogP contribution in [0.4, 0.5) is 4.39 Å².